The molecule has 1 aliphatic rings. The highest BCUT2D eigenvalue weighted by atomic mass is 35.5. The number of rotatable bonds is 3. The van der Waals surface area contributed by atoms with Crippen LogP contribution in [0.4, 0.5) is 17.1 Å². The Kier molecular flexibility index (Phi) is 5.19. The second-order valence-electron chi connectivity index (χ2n) is 6.86. The molecule has 1 aliphatic heterocycles. The van der Waals surface area contributed by atoms with Crippen LogP contribution in [0.1, 0.15) is 35.7 Å². The monoisotopic (exact) mass is 357 g/mol. The summed E-state index contributed by atoms with van der Waals surface area (Å²) in [6, 6.07) is 10.8. The van der Waals surface area contributed by atoms with Crippen molar-refractivity contribution in [3.8, 4) is 0 Å². The Morgan fingerprint density at radius 2 is 1.96 bits per heavy atom. The highest BCUT2D eigenvalue weighted by Gasteiger charge is 2.19. The Hall–Kier alpha value is -2.20. The van der Waals surface area contributed by atoms with Gasteiger partial charge in [0.15, 0.2) is 0 Å². The Labute approximate surface area is 154 Å². The summed E-state index contributed by atoms with van der Waals surface area (Å²) >= 11 is 5.97. The molecule has 0 aromatic heterocycles. The molecule has 0 bridgehead atoms. The topological polar surface area (TPSA) is 58.4 Å². The molecule has 132 valence electrons. The maximum absolute atomic E-state index is 12.5. The number of carbonyl (C=O) groups is 1. The third-order valence-corrected chi connectivity index (χ3v) is 5.06. The molecular formula is C20H24ClN3O. The number of anilines is 3. The molecule has 0 saturated carbocycles. The molecule has 2 aromatic carbocycles. The summed E-state index contributed by atoms with van der Waals surface area (Å²) in [6.45, 7) is 6.43. The van der Waals surface area contributed by atoms with Gasteiger partial charge in [0.25, 0.3) is 5.91 Å². The number of hydrogen-bond donors (Lipinski definition) is 2. The summed E-state index contributed by atoms with van der Waals surface area (Å²) in [5.41, 5.74) is 10.1. The normalized spacial score (nSPS) is 15.2. The second kappa shape index (κ2) is 7.36. The van der Waals surface area contributed by atoms with Crippen molar-refractivity contribution in [2.45, 2.75) is 26.7 Å². The average Bonchev–Trinajstić information content (AvgIpc) is 2.58. The van der Waals surface area contributed by atoms with E-state index in [9.17, 15) is 4.79 Å². The molecule has 0 atom stereocenters. The first kappa shape index (κ1) is 17.6. The van der Waals surface area contributed by atoms with Crippen LogP contribution in [0.2, 0.25) is 5.02 Å². The molecule has 5 heteroatoms. The lowest BCUT2D eigenvalue weighted by atomic mass is 9.98. The fraction of sp³-hybridized carbons (Fsp3) is 0.350. The van der Waals surface area contributed by atoms with Crippen LogP contribution in [0.25, 0.3) is 0 Å². The van der Waals surface area contributed by atoms with E-state index in [4.69, 9.17) is 17.3 Å². The molecule has 0 spiro atoms. The lowest BCUT2D eigenvalue weighted by Gasteiger charge is -2.33. The van der Waals surface area contributed by atoms with Gasteiger partial charge in [-0.15, -0.1) is 0 Å². The summed E-state index contributed by atoms with van der Waals surface area (Å²) in [5.74, 6) is 0.559. The van der Waals surface area contributed by atoms with Gasteiger partial charge in [-0.25, -0.2) is 0 Å². The van der Waals surface area contributed by atoms with Crippen molar-refractivity contribution in [3.05, 3.63) is 52.5 Å². The number of hydrogen-bond acceptors (Lipinski definition) is 3. The van der Waals surface area contributed by atoms with Gasteiger partial charge >= 0.3 is 0 Å². The van der Waals surface area contributed by atoms with Crippen molar-refractivity contribution in [1.29, 1.82) is 0 Å². The van der Waals surface area contributed by atoms with Gasteiger partial charge in [0, 0.05) is 29.4 Å². The van der Waals surface area contributed by atoms with E-state index in [1.807, 2.05) is 12.1 Å². The van der Waals surface area contributed by atoms with E-state index < -0.39 is 0 Å². The first-order valence-electron chi connectivity index (χ1n) is 8.66. The minimum Gasteiger partial charge on any atom is -0.397 e. The Bertz CT molecular complexity index is 783. The molecule has 0 aliphatic carbocycles. The van der Waals surface area contributed by atoms with Gasteiger partial charge in [-0.3, -0.25) is 4.79 Å². The fourth-order valence-corrected chi connectivity index (χ4v) is 3.43. The maximum Gasteiger partial charge on any atom is 0.255 e. The number of carbonyl (C=O) groups excluding carboxylic acids is 1. The van der Waals surface area contributed by atoms with Crippen LogP contribution in [0, 0.1) is 12.8 Å². The number of nitrogen functional groups attached to an aromatic ring is 1. The summed E-state index contributed by atoms with van der Waals surface area (Å²) in [4.78, 5) is 14.9. The third-order valence-electron chi connectivity index (χ3n) is 4.83. The number of halogens is 1. The summed E-state index contributed by atoms with van der Waals surface area (Å²) in [5, 5.41) is 3.45. The average molecular weight is 358 g/mol. The van der Waals surface area contributed by atoms with E-state index in [2.05, 4.69) is 24.1 Å². The lowest BCUT2D eigenvalue weighted by molar-refractivity contribution is 0.102. The molecule has 3 N–H and O–H groups in total. The second-order valence-corrected chi connectivity index (χ2v) is 7.30. The highest BCUT2D eigenvalue weighted by Crippen LogP contribution is 2.32. The first-order valence-corrected chi connectivity index (χ1v) is 9.04. The minimum absolute atomic E-state index is 0.212. The lowest BCUT2D eigenvalue weighted by Crippen LogP contribution is -2.33. The van der Waals surface area contributed by atoms with Crippen molar-refractivity contribution >= 4 is 34.6 Å². The van der Waals surface area contributed by atoms with Gasteiger partial charge in [0.2, 0.25) is 0 Å². The van der Waals surface area contributed by atoms with E-state index >= 15 is 0 Å². The largest absolute Gasteiger partial charge is 0.397 e. The molecule has 25 heavy (non-hydrogen) atoms. The molecule has 1 heterocycles. The van der Waals surface area contributed by atoms with Crippen molar-refractivity contribution < 1.29 is 4.79 Å². The minimum atomic E-state index is -0.212. The van der Waals surface area contributed by atoms with Crippen LogP contribution < -0.4 is 16.0 Å². The summed E-state index contributed by atoms with van der Waals surface area (Å²) < 4.78 is 0. The van der Waals surface area contributed by atoms with Crippen molar-refractivity contribution in [1.82, 2.24) is 0 Å². The number of benzene rings is 2. The molecular weight excluding hydrogens is 334 g/mol. The molecule has 0 radical (unpaired) electrons. The van der Waals surface area contributed by atoms with Crippen molar-refractivity contribution in [2.24, 2.45) is 5.92 Å². The molecule has 3 rings (SSSR count). The van der Waals surface area contributed by atoms with Crippen LogP contribution in [0.5, 0.6) is 0 Å². The summed E-state index contributed by atoms with van der Waals surface area (Å²) in [6.07, 6.45) is 2.38. The van der Waals surface area contributed by atoms with Crippen LogP contribution in [0.3, 0.4) is 0 Å². The number of aryl methyl sites for hydroxylation is 1. The summed E-state index contributed by atoms with van der Waals surface area (Å²) in [7, 11) is 0. The van der Waals surface area contributed by atoms with Crippen LogP contribution in [0.15, 0.2) is 36.4 Å². The predicted octanol–water partition coefficient (Wildman–Crippen LogP) is 4.72. The molecule has 1 saturated heterocycles. The predicted molar refractivity (Wildman–Crippen MR) is 106 cm³/mol. The van der Waals surface area contributed by atoms with E-state index in [0.29, 0.717) is 22.0 Å². The standard InChI is InChI=1S/C20H24ClN3O/c1-13-6-8-24(9-7-13)19-12-18(17(22)10-14(19)2)23-20(25)15-4-3-5-16(21)11-15/h3-5,10-13H,6-9,22H2,1-2H3,(H,23,25). The Balaban J connectivity index is 1.84. The molecule has 1 fully saturated rings. The first-order chi connectivity index (χ1) is 11.9. The molecule has 0 unspecified atom stereocenters. The van der Waals surface area contributed by atoms with E-state index in [0.717, 1.165) is 30.3 Å². The van der Waals surface area contributed by atoms with Gasteiger partial charge in [-0.05, 0) is 61.6 Å². The Morgan fingerprint density at radius 3 is 2.64 bits per heavy atom. The molecule has 2 aromatic rings. The number of nitrogens with zero attached hydrogens (tertiary/aromatic N) is 1. The zero-order valence-corrected chi connectivity index (χ0v) is 15.4. The maximum atomic E-state index is 12.5. The van der Waals surface area contributed by atoms with E-state index in [1.165, 1.54) is 12.8 Å². The third kappa shape index (κ3) is 4.07. The van der Waals surface area contributed by atoms with Crippen LogP contribution in [-0.2, 0) is 0 Å². The quantitative estimate of drug-likeness (QED) is 0.781. The fourth-order valence-electron chi connectivity index (χ4n) is 3.24. The van der Waals surface area contributed by atoms with Crippen LogP contribution >= 0.6 is 11.6 Å². The highest BCUT2D eigenvalue weighted by molar-refractivity contribution is 6.31. The van der Waals surface area contributed by atoms with Gasteiger partial charge < -0.3 is 16.0 Å². The SMILES string of the molecule is Cc1cc(N)c(NC(=O)c2cccc(Cl)c2)cc1N1CCC(C)CC1. The number of piperidine rings is 1. The van der Waals surface area contributed by atoms with Crippen molar-refractivity contribution in [3.63, 3.8) is 0 Å². The number of amides is 1. The van der Waals surface area contributed by atoms with Gasteiger partial charge in [0.05, 0.1) is 11.4 Å². The van der Waals surface area contributed by atoms with E-state index in [-0.39, 0.29) is 5.91 Å². The molecule has 1 amide bonds. The van der Waals surface area contributed by atoms with Gasteiger partial charge in [-0.1, -0.05) is 24.6 Å². The van der Waals surface area contributed by atoms with Crippen LogP contribution in [-0.4, -0.2) is 19.0 Å². The van der Waals surface area contributed by atoms with Gasteiger partial charge in [0.1, 0.15) is 0 Å². The zero-order chi connectivity index (χ0) is 18.0. The number of nitrogens with two attached hydrogens (primary N) is 1. The number of nitrogens with one attached hydrogen (secondary N) is 1. The zero-order valence-electron chi connectivity index (χ0n) is 14.7. The smallest absolute Gasteiger partial charge is 0.255 e. The van der Waals surface area contributed by atoms with Crippen molar-refractivity contribution in [2.75, 3.05) is 29.0 Å². The van der Waals surface area contributed by atoms with Gasteiger partial charge in [-0.2, -0.15) is 0 Å². The van der Waals surface area contributed by atoms with E-state index in [1.54, 1.807) is 24.3 Å². The Morgan fingerprint density at radius 1 is 1.24 bits per heavy atom. The molecule has 4 nitrogen and oxygen atoms in total.